The van der Waals surface area contributed by atoms with Gasteiger partial charge in [-0.05, 0) is 36.1 Å². The third kappa shape index (κ3) is 5.26. The van der Waals surface area contributed by atoms with Gasteiger partial charge in [0.1, 0.15) is 12.7 Å². The standard InChI is InChI=1S/C24H30N2O4/c1-3-18(4-2)24(29)25-20-12-10-19(11-13-20)23(28)21-15-30-16-22(27)26(21)14-17-8-6-5-7-9-17/h5-13,18,21,23,28H,3-4,14-16H2,1-2H3,(H,25,29)/t21-,23-/m1/s1. The van der Waals surface area contributed by atoms with Crippen LogP contribution in [0, 0.1) is 5.92 Å². The Morgan fingerprint density at radius 1 is 1.13 bits per heavy atom. The van der Waals surface area contributed by atoms with Gasteiger partial charge in [-0.2, -0.15) is 0 Å². The molecule has 160 valence electrons. The number of ether oxygens (including phenoxy) is 1. The summed E-state index contributed by atoms with van der Waals surface area (Å²) in [5.74, 6) is -0.135. The average Bonchev–Trinajstić information content (AvgIpc) is 2.77. The molecule has 0 aliphatic carbocycles. The van der Waals surface area contributed by atoms with Crippen LogP contribution in [-0.4, -0.2) is 41.1 Å². The number of morpholine rings is 1. The van der Waals surface area contributed by atoms with Gasteiger partial charge in [0.2, 0.25) is 11.8 Å². The number of nitrogens with one attached hydrogen (secondary N) is 1. The summed E-state index contributed by atoms with van der Waals surface area (Å²) in [6.45, 7) is 4.72. The zero-order chi connectivity index (χ0) is 21.5. The highest BCUT2D eigenvalue weighted by molar-refractivity contribution is 5.92. The van der Waals surface area contributed by atoms with E-state index in [2.05, 4.69) is 5.32 Å². The Labute approximate surface area is 177 Å². The van der Waals surface area contributed by atoms with Crippen LogP contribution in [0.5, 0.6) is 0 Å². The van der Waals surface area contributed by atoms with Crippen molar-refractivity contribution in [3.8, 4) is 0 Å². The fourth-order valence-electron chi connectivity index (χ4n) is 3.76. The molecule has 6 heteroatoms. The lowest BCUT2D eigenvalue weighted by Gasteiger charge is -2.38. The topological polar surface area (TPSA) is 78.9 Å². The maximum atomic E-state index is 12.5. The van der Waals surface area contributed by atoms with E-state index >= 15 is 0 Å². The monoisotopic (exact) mass is 410 g/mol. The number of anilines is 1. The number of hydrogen-bond acceptors (Lipinski definition) is 4. The Hall–Kier alpha value is -2.70. The summed E-state index contributed by atoms with van der Waals surface area (Å²) in [5, 5.41) is 13.9. The summed E-state index contributed by atoms with van der Waals surface area (Å²) in [5.41, 5.74) is 2.38. The Bertz CT molecular complexity index is 834. The lowest BCUT2D eigenvalue weighted by Crippen LogP contribution is -2.51. The third-order valence-corrected chi connectivity index (χ3v) is 5.67. The highest BCUT2D eigenvalue weighted by Crippen LogP contribution is 2.27. The van der Waals surface area contributed by atoms with Crippen LogP contribution in [0.4, 0.5) is 5.69 Å². The van der Waals surface area contributed by atoms with Gasteiger partial charge < -0.3 is 20.1 Å². The van der Waals surface area contributed by atoms with Gasteiger partial charge in [-0.1, -0.05) is 56.3 Å². The highest BCUT2D eigenvalue weighted by atomic mass is 16.5. The van der Waals surface area contributed by atoms with Crippen molar-refractivity contribution >= 4 is 17.5 Å². The van der Waals surface area contributed by atoms with Crippen molar-refractivity contribution in [2.75, 3.05) is 18.5 Å². The van der Waals surface area contributed by atoms with Crippen molar-refractivity contribution < 1.29 is 19.4 Å². The molecule has 2 aromatic rings. The Balaban J connectivity index is 1.71. The van der Waals surface area contributed by atoms with Crippen LogP contribution in [-0.2, 0) is 20.9 Å². The molecule has 2 amide bonds. The second-order valence-electron chi connectivity index (χ2n) is 7.66. The van der Waals surface area contributed by atoms with Gasteiger partial charge in [0.25, 0.3) is 0 Å². The van der Waals surface area contributed by atoms with Crippen LogP contribution in [0.1, 0.15) is 43.9 Å². The van der Waals surface area contributed by atoms with Crippen molar-refractivity contribution in [2.45, 2.75) is 45.4 Å². The van der Waals surface area contributed by atoms with Crippen molar-refractivity contribution in [3.05, 3.63) is 65.7 Å². The van der Waals surface area contributed by atoms with Crippen LogP contribution in [0.15, 0.2) is 54.6 Å². The van der Waals surface area contributed by atoms with Crippen LogP contribution in [0.2, 0.25) is 0 Å². The summed E-state index contributed by atoms with van der Waals surface area (Å²) in [4.78, 5) is 26.4. The molecule has 0 bridgehead atoms. The molecule has 6 nitrogen and oxygen atoms in total. The first-order valence-electron chi connectivity index (χ1n) is 10.5. The minimum absolute atomic E-state index is 0.00721. The summed E-state index contributed by atoms with van der Waals surface area (Å²) < 4.78 is 5.42. The quantitative estimate of drug-likeness (QED) is 0.698. The minimum Gasteiger partial charge on any atom is -0.386 e. The maximum Gasteiger partial charge on any atom is 0.249 e. The van der Waals surface area contributed by atoms with Gasteiger partial charge in [-0.15, -0.1) is 0 Å². The summed E-state index contributed by atoms with van der Waals surface area (Å²) in [7, 11) is 0. The zero-order valence-corrected chi connectivity index (χ0v) is 17.6. The molecule has 0 spiro atoms. The second kappa shape index (κ2) is 10.4. The molecule has 0 radical (unpaired) electrons. The summed E-state index contributed by atoms with van der Waals surface area (Å²) in [6, 6.07) is 16.4. The molecule has 2 aromatic carbocycles. The van der Waals surface area contributed by atoms with E-state index in [9.17, 15) is 14.7 Å². The van der Waals surface area contributed by atoms with Gasteiger partial charge in [-0.25, -0.2) is 0 Å². The number of carbonyl (C=O) groups is 2. The molecule has 1 aliphatic rings. The van der Waals surface area contributed by atoms with E-state index in [1.807, 2.05) is 44.2 Å². The molecular weight excluding hydrogens is 380 g/mol. The van der Waals surface area contributed by atoms with E-state index in [1.54, 1.807) is 29.2 Å². The van der Waals surface area contributed by atoms with Crippen LogP contribution < -0.4 is 5.32 Å². The molecule has 1 heterocycles. The molecular formula is C24H30N2O4. The van der Waals surface area contributed by atoms with Crippen molar-refractivity contribution in [3.63, 3.8) is 0 Å². The molecule has 1 saturated heterocycles. The van der Waals surface area contributed by atoms with E-state index in [-0.39, 0.29) is 30.9 Å². The van der Waals surface area contributed by atoms with Crippen molar-refractivity contribution in [1.82, 2.24) is 4.90 Å². The van der Waals surface area contributed by atoms with E-state index in [4.69, 9.17) is 4.74 Å². The number of amides is 2. The lowest BCUT2D eigenvalue weighted by molar-refractivity contribution is -0.155. The molecule has 1 aliphatic heterocycles. The molecule has 0 unspecified atom stereocenters. The van der Waals surface area contributed by atoms with E-state index in [0.29, 0.717) is 17.8 Å². The largest absolute Gasteiger partial charge is 0.386 e. The van der Waals surface area contributed by atoms with Crippen LogP contribution in [0.25, 0.3) is 0 Å². The molecule has 30 heavy (non-hydrogen) atoms. The van der Waals surface area contributed by atoms with Gasteiger partial charge in [0.15, 0.2) is 0 Å². The molecule has 2 N–H and O–H groups in total. The van der Waals surface area contributed by atoms with Gasteiger partial charge in [-0.3, -0.25) is 9.59 Å². The van der Waals surface area contributed by atoms with Gasteiger partial charge in [0.05, 0.1) is 12.6 Å². The SMILES string of the molecule is CCC(CC)C(=O)Nc1ccc([C@@H](O)[C@H]2COCC(=O)N2Cc2ccccc2)cc1. The fourth-order valence-corrected chi connectivity index (χ4v) is 3.76. The number of aliphatic hydroxyl groups is 1. The number of benzene rings is 2. The van der Waals surface area contributed by atoms with E-state index in [0.717, 1.165) is 18.4 Å². The van der Waals surface area contributed by atoms with E-state index in [1.165, 1.54) is 0 Å². The van der Waals surface area contributed by atoms with Crippen LogP contribution in [0.3, 0.4) is 0 Å². The Morgan fingerprint density at radius 2 is 1.80 bits per heavy atom. The number of hydrogen-bond donors (Lipinski definition) is 2. The number of aliphatic hydroxyl groups excluding tert-OH is 1. The Morgan fingerprint density at radius 3 is 2.43 bits per heavy atom. The second-order valence-corrected chi connectivity index (χ2v) is 7.66. The first-order chi connectivity index (χ1) is 14.5. The maximum absolute atomic E-state index is 12.5. The number of nitrogens with zero attached hydrogens (tertiary/aromatic N) is 1. The minimum atomic E-state index is -0.887. The average molecular weight is 411 g/mol. The molecule has 0 saturated carbocycles. The first kappa shape index (κ1) is 22.0. The smallest absolute Gasteiger partial charge is 0.249 e. The van der Waals surface area contributed by atoms with Crippen molar-refractivity contribution in [1.29, 1.82) is 0 Å². The van der Waals surface area contributed by atoms with Gasteiger partial charge >= 0.3 is 0 Å². The summed E-state index contributed by atoms with van der Waals surface area (Å²) in [6.07, 6.45) is 0.708. The predicted octanol–water partition coefficient (Wildman–Crippen LogP) is 3.52. The number of rotatable bonds is 8. The van der Waals surface area contributed by atoms with Gasteiger partial charge in [0, 0.05) is 18.2 Å². The number of carbonyl (C=O) groups excluding carboxylic acids is 2. The van der Waals surface area contributed by atoms with Crippen molar-refractivity contribution in [2.24, 2.45) is 5.92 Å². The third-order valence-electron chi connectivity index (χ3n) is 5.67. The molecule has 3 rings (SSSR count). The predicted molar refractivity (Wildman–Crippen MR) is 116 cm³/mol. The van der Waals surface area contributed by atoms with Crippen LogP contribution >= 0.6 is 0 Å². The fraction of sp³-hybridized carbons (Fsp3) is 0.417. The molecule has 0 aromatic heterocycles. The first-order valence-corrected chi connectivity index (χ1v) is 10.5. The van der Waals surface area contributed by atoms with E-state index < -0.39 is 12.1 Å². The summed E-state index contributed by atoms with van der Waals surface area (Å²) >= 11 is 0. The highest BCUT2D eigenvalue weighted by Gasteiger charge is 2.34. The Kier molecular flexibility index (Phi) is 7.60. The molecule has 2 atom stereocenters. The lowest BCUT2D eigenvalue weighted by atomic mass is 9.99. The normalized spacial score (nSPS) is 17.8. The zero-order valence-electron chi connectivity index (χ0n) is 17.6. The molecule has 1 fully saturated rings.